The van der Waals surface area contributed by atoms with Gasteiger partial charge in [-0.2, -0.15) is 0 Å². The standard InChI is InChI=1S/C13H27NO2/c1-3-13(16,4-2)10-14-12(11-15)8-6-5-7-9-12/h14-16H,3-11H2,1-2H3. The van der Waals surface area contributed by atoms with Gasteiger partial charge in [0.15, 0.2) is 0 Å². The molecular weight excluding hydrogens is 202 g/mol. The SMILES string of the molecule is CCC(O)(CC)CNC1(CO)CCCCC1. The Kier molecular flexibility index (Phi) is 5.22. The zero-order valence-electron chi connectivity index (χ0n) is 10.8. The Labute approximate surface area is 99.3 Å². The van der Waals surface area contributed by atoms with Crippen molar-refractivity contribution in [3.63, 3.8) is 0 Å². The molecule has 3 N–H and O–H groups in total. The lowest BCUT2D eigenvalue weighted by Crippen LogP contribution is -2.55. The van der Waals surface area contributed by atoms with Crippen LogP contribution in [0.5, 0.6) is 0 Å². The van der Waals surface area contributed by atoms with E-state index in [1.54, 1.807) is 0 Å². The highest BCUT2D eigenvalue weighted by Gasteiger charge is 2.33. The van der Waals surface area contributed by atoms with Crippen LogP contribution in [-0.2, 0) is 0 Å². The molecule has 0 bridgehead atoms. The molecule has 1 rings (SSSR count). The molecule has 0 saturated heterocycles. The van der Waals surface area contributed by atoms with Gasteiger partial charge in [0.05, 0.1) is 12.2 Å². The molecule has 0 radical (unpaired) electrons. The predicted molar refractivity (Wildman–Crippen MR) is 66.4 cm³/mol. The van der Waals surface area contributed by atoms with Gasteiger partial charge in [-0.25, -0.2) is 0 Å². The van der Waals surface area contributed by atoms with Gasteiger partial charge in [0.2, 0.25) is 0 Å². The maximum Gasteiger partial charge on any atom is 0.0766 e. The van der Waals surface area contributed by atoms with Crippen LogP contribution in [0.2, 0.25) is 0 Å². The first-order chi connectivity index (χ1) is 7.60. The molecule has 16 heavy (non-hydrogen) atoms. The lowest BCUT2D eigenvalue weighted by Gasteiger charge is -2.39. The van der Waals surface area contributed by atoms with E-state index in [1.807, 2.05) is 13.8 Å². The normalized spacial score (nSPS) is 21.0. The van der Waals surface area contributed by atoms with Crippen LogP contribution in [0.25, 0.3) is 0 Å². The smallest absolute Gasteiger partial charge is 0.0766 e. The van der Waals surface area contributed by atoms with Crippen molar-refractivity contribution in [2.24, 2.45) is 0 Å². The Morgan fingerprint density at radius 2 is 1.69 bits per heavy atom. The molecule has 0 amide bonds. The van der Waals surface area contributed by atoms with E-state index in [1.165, 1.54) is 19.3 Å². The van der Waals surface area contributed by atoms with E-state index in [0.29, 0.717) is 6.54 Å². The van der Waals surface area contributed by atoms with Gasteiger partial charge in [0.25, 0.3) is 0 Å². The molecule has 0 heterocycles. The van der Waals surface area contributed by atoms with Gasteiger partial charge < -0.3 is 15.5 Å². The Balaban J connectivity index is 2.50. The summed E-state index contributed by atoms with van der Waals surface area (Å²) in [4.78, 5) is 0. The van der Waals surface area contributed by atoms with Gasteiger partial charge in [-0.05, 0) is 25.7 Å². The second-order valence-corrected chi connectivity index (χ2v) is 5.28. The third-order valence-electron chi connectivity index (χ3n) is 4.22. The molecule has 0 aromatic heterocycles. The van der Waals surface area contributed by atoms with Crippen molar-refractivity contribution in [2.45, 2.75) is 69.9 Å². The van der Waals surface area contributed by atoms with Gasteiger partial charge in [0, 0.05) is 12.1 Å². The minimum atomic E-state index is -0.611. The van der Waals surface area contributed by atoms with Crippen molar-refractivity contribution in [3.05, 3.63) is 0 Å². The van der Waals surface area contributed by atoms with Crippen molar-refractivity contribution in [1.82, 2.24) is 5.32 Å². The molecule has 0 aromatic carbocycles. The number of aliphatic hydroxyl groups excluding tert-OH is 1. The first-order valence-electron chi connectivity index (χ1n) is 6.68. The van der Waals surface area contributed by atoms with E-state index in [-0.39, 0.29) is 12.1 Å². The average Bonchev–Trinajstić information content (AvgIpc) is 2.37. The maximum absolute atomic E-state index is 10.2. The summed E-state index contributed by atoms with van der Waals surface area (Å²) < 4.78 is 0. The summed E-state index contributed by atoms with van der Waals surface area (Å²) >= 11 is 0. The molecule has 3 nitrogen and oxygen atoms in total. The summed E-state index contributed by atoms with van der Waals surface area (Å²) in [5, 5.41) is 23.2. The maximum atomic E-state index is 10.2. The number of hydrogen-bond acceptors (Lipinski definition) is 3. The van der Waals surface area contributed by atoms with Crippen molar-refractivity contribution < 1.29 is 10.2 Å². The van der Waals surface area contributed by atoms with Crippen molar-refractivity contribution in [3.8, 4) is 0 Å². The van der Waals surface area contributed by atoms with Crippen molar-refractivity contribution in [2.75, 3.05) is 13.2 Å². The van der Waals surface area contributed by atoms with Crippen molar-refractivity contribution >= 4 is 0 Å². The summed E-state index contributed by atoms with van der Waals surface area (Å²) in [7, 11) is 0. The Morgan fingerprint density at radius 3 is 2.12 bits per heavy atom. The minimum absolute atomic E-state index is 0.128. The fourth-order valence-electron chi connectivity index (χ4n) is 2.47. The fraction of sp³-hybridized carbons (Fsp3) is 1.00. The van der Waals surface area contributed by atoms with Gasteiger partial charge in [-0.15, -0.1) is 0 Å². The quantitative estimate of drug-likeness (QED) is 0.651. The second-order valence-electron chi connectivity index (χ2n) is 5.28. The summed E-state index contributed by atoms with van der Waals surface area (Å²) in [5.41, 5.74) is -0.740. The summed E-state index contributed by atoms with van der Waals surface area (Å²) in [6, 6.07) is 0. The molecule has 0 atom stereocenters. The molecule has 96 valence electrons. The number of β-amino-alcohol motifs (C(OH)–C–C–N with tert-alkyl or cyclic N) is 1. The molecule has 0 spiro atoms. The number of rotatable bonds is 6. The molecule has 3 heteroatoms. The van der Waals surface area contributed by atoms with E-state index < -0.39 is 5.60 Å². The molecule has 0 aromatic rings. The lowest BCUT2D eigenvalue weighted by molar-refractivity contribution is 0.0129. The number of hydrogen-bond donors (Lipinski definition) is 3. The van der Waals surface area contributed by atoms with E-state index in [2.05, 4.69) is 5.32 Å². The summed E-state index contributed by atoms with van der Waals surface area (Å²) in [6.45, 7) is 4.81. The van der Waals surface area contributed by atoms with Crippen LogP contribution < -0.4 is 5.32 Å². The molecule has 1 fully saturated rings. The van der Waals surface area contributed by atoms with Crippen LogP contribution in [0, 0.1) is 0 Å². The number of nitrogens with one attached hydrogen (secondary N) is 1. The zero-order valence-corrected chi connectivity index (χ0v) is 10.8. The highest BCUT2D eigenvalue weighted by Crippen LogP contribution is 2.28. The van der Waals surface area contributed by atoms with Crippen LogP contribution in [0.15, 0.2) is 0 Å². The second kappa shape index (κ2) is 5.99. The summed E-state index contributed by atoms with van der Waals surface area (Å²) in [5.74, 6) is 0. The van der Waals surface area contributed by atoms with E-state index in [0.717, 1.165) is 25.7 Å². The molecule has 0 aliphatic heterocycles. The summed E-state index contributed by atoms with van der Waals surface area (Å²) in [6.07, 6.45) is 7.24. The minimum Gasteiger partial charge on any atom is -0.394 e. The van der Waals surface area contributed by atoms with Crippen LogP contribution in [0.3, 0.4) is 0 Å². The van der Waals surface area contributed by atoms with Gasteiger partial charge >= 0.3 is 0 Å². The van der Waals surface area contributed by atoms with Gasteiger partial charge in [-0.3, -0.25) is 0 Å². The molecule has 0 unspecified atom stereocenters. The van der Waals surface area contributed by atoms with Gasteiger partial charge in [-0.1, -0.05) is 33.1 Å². The topological polar surface area (TPSA) is 52.5 Å². The highest BCUT2D eigenvalue weighted by atomic mass is 16.3. The molecule has 1 aliphatic carbocycles. The van der Waals surface area contributed by atoms with Crippen LogP contribution in [0.1, 0.15) is 58.8 Å². The lowest BCUT2D eigenvalue weighted by atomic mass is 9.81. The predicted octanol–water partition coefficient (Wildman–Crippen LogP) is 1.82. The zero-order chi connectivity index (χ0) is 12.1. The van der Waals surface area contributed by atoms with Crippen LogP contribution in [0.4, 0.5) is 0 Å². The first-order valence-corrected chi connectivity index (χ1v) is 6.68. The molecule has 1 saturated carbocycles. The van der Waals surface area contributed by atoms with Crippen molar-refractivity contribution in [1.29, 1.82) is 0 Å². The van der Waals surface area contributed by atoms with Crippen LogP contribution >= 0.6 is 0 Å². The Hall–Kier alpha value is -0.120. The number of aliphatic hydroxyl groups is 2. The third-order valence-corrected chi connectivity index (χ3v) is 4.22. The highest BCUT2D eigenvalue weighted by molar-refractivity contribution is 4.93. The molecule has 1 aliphatic rings. The largest absolute Gasteiger partial charge is 0.394 e. The van der Waals surface area contributed by atoms with E-state index in [4.69, 9.17) is 0 Å². The van der Waals surface area contributed by atoms with E-state index in [9.17, 15) is 10.2 Å². The first kappa shape index (κ1) is 13.9. The Bertz CT molecular complexity index is 196. The van der Waals surface area contributed by atoms with Gasteiger partial charge in [0.1, 0.15) is 0 Å². The average molecular weight is 229 g/mol. The van der Waals surface area contributed by atoms with E-state index >= 15 is 0 Å². The fourth-order valence-corrected chi connectivity index (χ4v) is 2.47. The molecular formula is C13H27NO2. The monoisotopic (exact) mass is 229 g/mol. The van der Waals surface area contributed by atoms with Crippen LogP contribution in [-0.4, -0.2) is 34.5 Å². The Morgan fingerprint density at radius 1 is 1.12 bits per heavy atom. The third kappa shape index (κ3) is 3.44.